The largest absolute Gasteiger partial charge is 0.377 e. The van der Waals surface area contributed by atoms with Gasteiger partial charge < -0.3 is 10.1 Å². The van der Waals surface area contributed by atoms with Crippen molar-refractivity contribution in [2.45, 2.75) is 65.1 Å². The summed E-state index contributed by atoms with van der Waals surface area (Å²) in [5.41, 5.74) is 0. The zero-order valence-corrected chi connectivity index (χ0v) is 12.0. The lowest BCUT2D eigenvalue weighted by Crippen LogP contribution is -2.56. The quantitative estimate of drug-likeness (QED) is 0.741. The highest BCUT2D eigenvalue weighted by atomic mass is 16.5. The molecule has 0 saturated carbocycles. The lowest BCUT2D eigenvalue weighted by Gasteiger charge is -2.40. The minimum Gasteiger partial charge on any atom is -0.377 e. The summed E-state index contributed by atoms with van der Waals surface area (Å²) >= 11 is 0. The van der Waals surface area contributed by atoms with Crippen LogP contribution in [0.4, 0.5) is 0 Å². The van der Waals surface area contributed by atoms with Crippen molar-refractivity contribution in [2.24, 2.45) is 0 Å². The number of ether oxygens (including phenoxy) is 1. The molecule has 0 spiro atoms. The summed E-state index contributed by atoms with van der Waals surface area (Å²) in [6.07, 6.45) is 4.14. The van der Waals surface area contributed by atoms with Crippen LogP contribution in [0.3, 0.4) is 0 Å². The van der Waals surface area contributed by atoms with Crippen LogP contribution in [-0.4, -0.2) is 49.3 Å². The highest BCUT2D eigenvalue weighted by Gasteiger charge is 2.25. The predicted octanol–water partition coefficient (Wildman–Crippen LogP) is 2.26. The molecule has 0 aromatic heterocycles. The molecule has 0 aromatic carbocycles. The van der Waals surface area contributed by atoms with Crippen LogP contribution < -0.4 is 5.32 Å². The van der Waals surface area contributed by atoms with E-state index in [1.165, 1.54) is 25.8 Å². The van der Waals surface area contributed by atoms with E-state index in [0.29, 0.717) is 18.2 Å². The molecule has 1 aliphatic heterocycles. The molecule has 1 heterocycles. The van der Waals surface area contributed by atoms with Crippen LogP contribution in [0, 0.1) is 0 Å². The van der Waals surface area contributed by atoms with Gasteiger partial charge in [0.2, 0.25) is 0 Å². The third-order valence-electron chi connectivity index (χ3n) is 3.55. The molecule has 17 heavy (non-hydrogen) atoms. The Morgan fingerprint density at radius 2 is 2.12 bits per heavy atom. The number of hydrogen-bond acceptors (Lipinski definition) is 3. The summed E-state index contributed by atoms with van der Waals surface area (Å²) in [6, 6.07) is 1.38. The van der Waals surface area contributed by atoms with E-state index < -0.39 is 0 Å². The molecule has 3 nitrogen and oxygen atoms in total. The highest BCUT2D eigenvalue weighted by Crippen LogP contribution is 2.12. The van der Waals surface area contributed by atoms with Gasteiger partial charge in [0.25, 0.3) is 0 Å². The van der Waals surface area contributed by atoms with Crippen molar-refractivity contribution in [3.05, 3.63) is 0 Å². The van der Waals surface area contributed by atoms with Crippen molar-refractivity contribution >= 4 is 0 Å². The molecule has 1 fully saturated rings. The standard InChI is InChI=1S/C14H30N2O/c1-5-7-13-11-16(8-9-17-12(3)4)14(6-2)10-15-13/h12-15H,5-11H2,1-4H3. The predicted molar refractivity (Wildman–Crippen MR) is 73.4 cm³/mol. The van der Waals surface area contributed by atoms with Gasteiger partial charge in [0, 0.05) is 31.7 Å². The first-order valence-corrected chi connectivity index (χ1v) is 7.26. The van der Waals surface area contributed by atoms with Crippen LogP contribution in [0.25, 0.3) is 0 Å². The van der Waals surface area contributed by atoms with Gasteiger partial charge in [-0.15, -0.1) is 0 Å². The monoisotopic (exact) mass is 242 g/mol. The third-order valence-corrected chi connectivity index (χ3v) is 3.55. The van der Waals surface area contributed by atoms with E-state index >= 15 is 0 Å². The minimum absolute atomic E-state index is 0.351. The number of nitrogens with zero attached hydrogens (tertiary/aromatic N) is 1. The van der Waals surface area contributed by atoms with Crippen LogP contribution in [-0.2, 0) is 4.74 Å². The van der Waals surface area contributed by atoms with Gasteiger partial charge in [0.1, 0.15) is 0 Å². The summed E-state index contributed by atoms with van der Waals surface area (Å²) in [5.74, 6) is 0. The summed E-state index contributed by atoms with van der Waals surface area (Å²) in [4.78, 5) is 2.61. The summed E-state index contributed by atoms with van der Waals surface area (Å²) < 4.78 is 5.67. The molecular weight excluding hydrogens is 212 g/mol. The lowest BCUT2D eigenvalue weighted by molar-refractivity contribution is 0.0351. The first kappa shape index (κ1) is 14.9. The number of nitrogens with one attached hydrogen (secondary N) is 1. The number of hydrogen-bond donors (Lipinski definition) is 1. The van der Waals surface area contributed by atoms with Gasteiger partial charge in [0.05, 0.1) is 12.7 Å². The first-order chi connectivity index (χ1) is 8.17. The van der Waals surface area contributed by atoms with E-state index in [1.807, 2.05) is 0 Å². The van der Waals surface area contributed by atoms with Crippen LogP contribution in [0.15, 0.2) is 0 Å². The Kier molecular flexibility index (Phi) is 7.09. The fourth-order valence-corrected chi connectivity index (χ4v) is 2.55. The first-order valence-electron chi connectivity index (χ1n) is 7.26. The van der Waals surface area contributed by atoms with Crippen LogP contribution in [0.5, 0.6) is 0 Å². The maximum absolute atomic E-state index is 5.67. The van der Waals surface area contributed by atoms with Crippen molar-refractivity contribution < 1.29 is 4.74 Å². The molecule has 1 saturated heterocycles. The molecule has 1 aliphatic rings. The van der Waals surface area contributed by atoms with Crippen molar-refractivity contribution in [1.29, 1.82) is 0 Å². The Morgan fingerprint density at radius 1 is 1.35 bits per heavy atom. The van der Waals surface area contributed by atoms with Crippen LogP contribution in [0.2, 0.25) is 0 Å². The summed E-state index contributed by atoms with van der Waals surface area (Å²) in [6.45, 7) is 13.0. The van der Waals surface area contributed by atoms with E-state index in [2.05, 4.69) is 37.9 Å². The average Bonchev–Trinajstić information content (AvgIpc) is 2.29. The maximum Gasteiger partial charge on any atom is 0.0597 e. The Morgan fingerprint density at radius 3 is 2.71 bits per heavy atom. The zero-order chi connectivity index (χ0) is 12.7. The number of rotatable bonds is 7. The summed E-state index contributed by atoms with van der Waals surface area (Å²) in [7, 11) is 0. The van der Waals surface area contributed by atoms with E-state index in [9.17, 15) is 0 Å². The molecular formula is C14H30N2O. The maximum atomic E-state index is 5.67. The molecule has 0 aliphatic carbocycles. The van der Waals surface area contributed by atoms with E-state index in [4.69, 9.17) is 4.74 Å². The Labute approximate surface area is 107 Å². The number of piperazine rings is 1. The normalized spacial score (nSPS) is 26.6. The lowest BCUT2D eigenvalue weighted by atomic mass is 10.0. The van der Waals surface area contributed by atoms with Crippen molar-refractivity contribution in [1.82, 2.24) is 10.2 Å². The highest BCUT2D eigenvalue weighted by molar-refractivity contribution is 4.85. The fraction of sp³-hybridized carbons (Fsp3) is 1.00. The minimum atomic E-state index is 0.351. The third kappa shape index (κ3) is 5.36. The smallest absolute Gasteiger partial charge is 0.0597 e. The Bertz CT molecular complexity index is 197. The fourth-order valence-electron chi connectivity index (χ4n) is 2.55. The van der Waals surface area contributed by atoms with E-state index in [0.717, 1.165) is 19.7 Å². The Hall–Kier alpha value is -0.120. The second kappa shape index (κ2) is 8.06. The van der Waals surface area contributed by atoms with Gasteiger partial charge in [0.15, 0.2) is 0 Å². The van der Waals surface area contributed by atoms with Gasteiger partial charge in [-0.2, -0.15) is 0 Å². The SMILES string of the molecule is CCCC1CN(CCOC(C)C)C(CC)CN1. The van der Waals surface area contributed by atoms with Gasteiger partial charge >= 0.3 is 0 Å². The van der Waals surface area contributed by atoms with Crippen molar-refractivity contribution in [3.8, 4) is 0 Å². The topological polar surface area (TPSA) is 24.5 Å². The molecule has 0 aromatic rings. The Balaban J connectivity index is 2.34. The van der Waals surface area contributed by atoms with Crippen molar-refractivity contribution in [3.63, 3.8) is 0 Å². The van der Waals surface area contributed by atoms with Gasteiger partial charge in [-0.25, -0.2) is 0 Å². The van der Waals surface area contributed by atoms with E-state index in [-0.39, 0.29) is 0 Å². The molecule has 2 atom stereocenters. The average molecular weight is 242 g/mol. The molecule has 1 rings (SSSR count). The van der Waals surface area contributed by atoms with Crippen LogP contribution >= 0.6 is 0 Å². The second-order valence-electron chi connectivity index (χ2n) is 5.37. The molecule has 3 heteroatoms. The molecule has 1 N–H and O–H groups in total. The molecule has 2 unspecified atom stereocenters. The zero-order valence-electron chi connectivity index (χ0n) is 12.0. The molecule has 102 valence electrons. The molecule has 0 amide bonds. The summed E-state index contributed by atoms with van der Waals surface area (Å²) in [5, 5.41) is 3.67. The molecule has 0 bridgehead atoms. The van der Waals surface area contributed by atoms with Gasteiger partial charge in [-0.05, 0) is 26.7 Å². The van der Waals surface area contributed by atoms with Crippen molar-refractivity contribution in [2.75, 3.05) is 26.2 Å². The van der Waals surface area contributed by atoms with Gasteiger partial charge in [-0.3, -0.25) is 4.90 Å². The van der Waals surface area contributed by atoms with Crippen LogP contribution in [0.1, 0.15) is 47.0 Å². The molecule has 0 radical (unpaired) electrons. The van der Waals surface area contributed by atoms with Gasteiger partial charge in [-0.1, -0.05) is 20.3 Å². The van der Waals surface area contributed by atoms with E-state index in [1.54, 1.807) is 0 Å². The second-order valence-corrected chi connectivity index (χ2v) is 5.37.